The lowest BCUT2D eigenvalue weighted by molar-refractivity contribution is 0.0981. The van der Waals surface area contributed by atoms with Gasteiger partial charge < -0.3 is 10.1 Å². The summed E-state index contributed by atoms with van der Waals surface area (Å²) in [6.07, 6.45) is 4.51. The minimum Gasteiger partial charge on any atom is -0.381 e. The molecule has 5 nitrogen and oxygen atoms in total. The zero-order chi connectivity index (χ0) is 12.1. The molecule has 1 atom stereocenters. The minimum atomic E-state index is -3.13. The first kappa shape index (κ1) is 13.3. The molecule has 0 amide bonds. The number of rotatable bonds is 5. The maximum absolute atomic E-state index is 12.0. The molecule has 0 aliphatic carbocycles. The van der Waals surface area contributed by atoms with Crippen molar-refractivity contribution in [2.24, 2.45) is 0 Å². The van der Waals surface area contributed by atoms with Gasteiger partial charge in [0.2, 0.25) is 10.0 Å². The van der Waals surface area contributed by atoms with Gasteiger partial charge in [0.05, 0.1) is 5.25 Å². The molecule has 1 unspecified atom stereocenters. The first-order chi connectivity index (χ1) is 8.18. The van der Waals surface area contributed by atoms with Gasteiger partial charge in [-0.05, 0) is 38.6 Å². The van der Waals surface area contributed by atoms with Crippen LogP contribution in [0.4, 0.5) is 0 Å². The fourth-order valence-electron chi connectivity index (χ4n) is 2.48. The van der Waals surface area contributed by atoms with Crippen LogP contribution >= 0.6 is 0 Å². The Morgan fingerprint density at radius 1 is 1.24 bits per heavy atom. The monoisotopic (exact) mass is 262 g/mol. The maximum Gasteiger partial charge on any atom is 0.214 e. The van der Waals surface area contributed by atoms with Crippen molar-refractivity contribution in [3.05, 3.63) is 0 Å². The van der Waals surface area contributed by atoms with E-state index >= 15 is 0 Å². The molecule has 17 heavy (non-hydrogen) atoms. The highest BCUT2D eigenvalue weighted by Gasteiger charge is 2.27. The molecule has 0 aromatic carbocycles. The third-order valence-corrected chi connectivity index (χ3v) is 5.52. The first-order valence-electron chi connectivity index (χ1n) is 6.48. The second-order valence-electron chi connectivity index (χ2n) is 4.83. The largest absolute Gasteiger partial charge is 0.381 e. The van der Waals surface area contributed by atoms with E-state index < -0.39 is 10.0 Å². The fraction of sp³-hybridized carbons (Fsp3) is 1.00. The van der Waals surface area contributed by atoms with Gasteiger partial charge in [-0.15, -0.1) is 0 Å². The molecule has 0 aromatic heterocycles. The van der Waals surface area contributed by atoms with Crippen molar-refractivity contribution < 1.29 is 13.2 Å². The highest BCUT2D eigenvalue weighted by atomic mass is 32.2. The summed E-state index contributed by atoms with van der Waals surface area (Å²) in [5.41, 5.74) is 0. The summed E-state index contributed by atoms with van der Waals surface area (Å²) in [6, 6.07) is 0.493. The molecule has 6 heteroatoms. The van der Waals surface area contributed by atoms with E-state index in [0.29, 0.717) is 38.6 Å². The third-order valence-electron chi connectivity index (χ3n) is 3.57. The fourth-order valence-corrected chi connectivity index (χ4v) is 3.93. The van der Waals surface area contributed by atoms with Crippen molar-refractivity contribution in [3.63, 3.8) is 0 Å². The predicted molar refractivity (Wildman–Crippen MR) is 66.4 cm³/mol. The van der Waals surface area contributed by atoms with Crippen LogP contribution in [0.5, 0.6) is 0 Å². The Bertz CT molecular complexity index is 320. The highest BCUT2D eigenvalue weighted by molar-refractivity contribution is 7.90. The van der Waals surface area contributed by atoms with Gasteiger partial charge in [0.15, 0.2) is 0 Å². The van der Waals surface area contributed by atoms with E-state index in [-0.39, 0.29) is 5.25 Å². The Morgan fingerprint density at radius 2 is 2.00 bits per heavy atom. The Hall–Kier alpha value is -0.170. The molecule has 2 heterocycles. The smallest absolute Gasteiger partial charge is 0.214 e. The highest BCUT2D eigenvalue weighted by Crippen LogP contribution is 2.15. The molecule has 0 radical (unpaired) electrons. The van der Waals surface area contributed by atoms with Gasteiger partial charge in [0.25, 0.3) is 0 Å². The standard InChI is InChI=1S/C11H22N2O3S/c14-17(15,11-4-8-16-9-5-11)13-7-3-10-2-1-6-12-10/h10-13H,1-9H2. The quantitative estimate of drug-likeness (QED) is 0.744. The van der Waals surface area contributed by atoms with E-state index in [1.165, 1.54) is 12.8 Å². The lowest BCUT2D eigenvalue weighted by Gasteiger charge is -2.22. The number of hydrogen-bond donors (Lipinski definition) is 2. The summed E-state index contributed by atoms with van der Waals surface area (Å²) in [5, 5.41) is 3.11. The van der Waals surface area contributed by atoms with E-state index in [1.54, 1.807) is 0 Å². The summed E-state index contributed by atoms with van der Waals surface area (Å²) in [4.78, 5) is 0. The van der Waals surface area contributed by atoms with E-state index in [4.69, 9.17) is 4.74 Å². The van der Waals surface area contributed by atoms with E-state index in [2.05, 4.69) is 10.0 Å². The van der Waals surface area contributed by atoms with E-state index in [0.717, 1.165) is 13.0 Å². The maximum atomic E-state index is 12.0. The summed E-state index contributed by atoms with van der Waals surface area (Å²) < 4.78 is 31.9. The summed E-state index contributed by atoms with van der Waals surface area (Å²) in [5.74, 6) is 0. The van der Waals surface area contributed by atoms with Gasteiger partial charge >= 0.3 is 0 Å². The van der Waals surface area contributed by atoms with Gasteiger partial charge in [-0.25, -0.2) is 13.1 Å². The van der Waals surface area contributed by atoms with Gasteiger partial charge in [-0.3, -0.25) is 0 Å². The molecule has 2 fully saturated rings. The van der Waals surface area contributed by atoms with Crippen molar-refractivity contribution >= 4 is 10.0 Å². The zero-order valence-electron chi connectivity index (χ0n) is 10.2. The van der Waals surface area contributed by atoms with Gasteiger partial charge in [-0.1, -0.05) is 0 Å². The Labute approximate surface area is 103 Å². The molecular weight excluding hydrogens is 240 g/mol. The van der Waals surface area contributed by atoms with Gasteiger partial charge in [-0.2, -0.15) is 0 Å². The van der Waals surface area contributed by atoms with Crippen LogP contribution in [-0.2, 0) is 14.8 Å². The van der Waals surface area contributed by atoms with Gasteiger partial charge in [0.1, 0.15) is 0 Å². The SMILES string of the molecule is O=S(=O)(NCCC1CCCN1)C1CCOCC1. The van der Waals surface area contributed by atoms with Crippen LogP contribution in [0, 0.1) is 0 Å². The van der Waals surface area contributed by atoms with E-state index in [9.17, 15) is 8.42 Å². The number of hydrogen-bond acceptors (Lipinski definition) is 4. The molecule has 100 valence electrons. The zero-order valence-corrected chi connectivity index (χ0v) is 11.0. The molecule has 0 spiro atoms. The number of sulfonamides is 1. The molecule has 0 bridgehead atoms. The molecule has 2 aliphatic rings. The van der Waals surface area contributed by atoms with Crippen LogP contribution < -0.4 is 10.0 Å². The normalized spacial score (nSPS) is 27.4. The average Bonchev–Trinajstić information content (AvgIpc) is 2.83. The molecule has 2 rings (SSSR count). The van der Waals surface area contributed by atoms with Crippen LogP contribution in [0.3, 0.4) is 0 Å². The Balaban J connectivity index is 1.72. The van der Waals surface area contributed by atoms with Crippen molar-refractivity contribution in [2.75, 3.05) is 26.3 Å². The second-order valence-corrected chi connectivity index (χ2v) is 6.88. The van der Waals surface area contributed by atoms with Crippen LogP contribution in [0.1, 0.15) is 32.1 Å². The minimum absolute atomic E-state index is 0.257. The van der Waals surface area contributed by atoms with Crippen molar-refractivity contribution in [2.45, 2.75) is 43.4 Å². The van der Waals surface area contributed by atoms with Crippen LogP contribution in [0.2, 0.25) is 0 Å². The van der Waals surface area contributed by atoms with Gasteiger partial charge in [0, 0.05) is 25.8 Å². The number of nitrogens with one attached hydrogen (secondary N) is 2. The van der Waals surface area contributed by atoms with Crippen LogP contribution in [0.25, 0.3) is 0 Å². The lowest BCUT2D eigenvalue weighted by Crippen LogP contribution is -2.39. The first-order valence-corrected chi connectivity index (χ1v) is 8.03. The van der Waals surface area contributed by atoms with Crippen LogP contribution in [-0.4, -0.2) is 46.0 Å². The second kappa shape index (κ2) is 6.13. The van der Waals surface area contributed by atoms with Crippen molar-refractivity contribution in [3.8, 4) is 0 Å². The molecule has 2 aliphatic heterocycles. The van der Waals surface area contributed by atoms with Crippen molar-refractivity contribution in [1.29, 1.82) is 0 Å². The van der Waals surface area contributed by atoms with E-state index in [1.807, 2.05) is 0 Å². The summed E-state index contributed by atoms with van der Waals surface area (Å²) in [6.45, 7) is 2.75. The summed E-state index contributed by atoms with van der Waals surface area (Å²) in [7, 11) is -3.13. The molecule has 2 saturated heterocycles. The number of ether oxygens (including phenoxy) is 1. The molecular formula is C11H22N2O3S. The van der Waals surface area contributed by atoms with Crippen LogP contribution in [0.15, 0.2) is 0 Å². The summed E-state index contributed by atoms with van der Waals surface area (Å²) >= 11 is 0. The molecule has 0 aromatic rings. The third kappa shape index (κ3) is 3.91. The Morgan fingerprint density at radius 3 is 2.65 bits per heavy atom. The lowest BCUT2D eigenvalue weighted by atomic mass is 10.2. The average molecular weight is 262 g/mol. The molecule has 2 N–H and O–H groups in total. The Kier molecular flexibility index (Phi) is 4.78. The predicted octanol–water partition coefficient (Wildman–Crippen LogP) is 0.227. The topological polar surface area (TPSA) is 67.4 Å². The molecule has 0 saturated carbocycles. The van der Waals surface area contributed by atoms with Crippen molar-refractivity contribution in [1.82, 2.24) is 10.0 Å².